The van der Waals surface area contributed by atoms with Crippen LogP contribution < -0.4 is 0 Å². The largest absolute Gasteiger partial charge is 0.444 e. The van der Waals surface area contributed by atoms with Crippen LogP contribution in [0.4, 0.5) is 4.79 Å². The third-order valence-electron chi connectivity index (χ3n) is 4.97. The van der Waals surface area contributed by atoms with Crippen LogP contribution in [-0.4, -0.2) is 43.6 Å². The van der Waals surface area contributed by atoms with Crippen LogP contribution in [0.5, 0.6) is 0 Å². The second-order valence-electron chi connectivity index (χ2n) is 9.68. The number of hydrogen-bond donors (Lipinski definition) is 0. The minimum absolute atomic E-state index is 0.121. The van der Waals surface area contributed by atoms with Gasteiger partial charge in [0.2, 0.25) is 0 Å². The molecule has 1 aliphatic heterocycles. The van der Waals surface area contributed by atoms with E-state index in [4.69, 9.17) is 9.16 Å². The van der Waals surface area contributed by atoms with Crippen molar-refractivity contribution in [2.24, 2.45) is 5.92 Å². The molecule has 0 spiro atoms. The van der Waals surface area contributed by atoms with Crippen molar-refractivity contribution in [3.05, 3.63) is 0 Å². The van der Waals surface area contributed by atoms with Gasteiger partial charge in [0.25, 0.3) is 0 Å². The van der Waals surface area contributed by atoms with Gasteiger partial charge in [-0.05, 0) is 51.2 Å². The molecule has 0 radical (unpaired) electrons. The Balaban J connectivity index is 2.84. The fraction of sp³-hybridized carbons (Fsp3) is 0.944. The highest BCUT2D eigenvalue weighted by Gasteiger charge is 2.45. The Bertz CT molecular complexity index is 421. The van der Waals surface area contributed by atoms with Crippen LogP contribution in [-0.2, 0) is 9.16 Å². The first kappa shape index (κ1) is 20.5. The summed E-state index contributed by atoms with van der Waals surface area (Å²) in [5, 5.41) is 0.180. The van der Waals surface area contributed by atoms with Crippen LogP contribution in [0.2, 0.25) is 18.1 Å². The van der Waals surface area contributed by atoms with E-state index in [1.165, 1.54) is 0 Å². The lowest BCUT2D eigenvalue weighted by Gasteiger charge is -2.38. The smallest absolute Gasteiger partial charge is 0.410 e. The lowest BCUT2D eigenvalue weighted by molar-refractivity contribution is 0.0177. The van der Waals surface area contributed by atoms with Gasteiger partial charge >= 0.3 is 6.09 Å². The van der Waals surface area contributed by atoms with Gasteiger partial charge in [0.1, 0.15) is 5.60 Å². The molecule has 0 N–H and O–H groups in total. The molecule has 0 aromatic heterocycles. The summed E-state index contributed by atoms with van der Waals surface area (Å²) in [7, 11) is -1.82. The van der Waals surface area contributed by atoms with E-state index in [9.17, 15) is 4.79 Å². The fourth-order valence-electron chi connectivity index (χ4n) is 2.67. The number of rotatable bonds is 3. The highest BCUT2D eigenvalue weighted by atomic mass is 28.4. The van der Waals surface area contributed by atoms with Crippen molar-refractivity contribution in [1.29, 1.82) is 0 Å². The normalized spacial score (nSPS) is 23.5. The van der Waals surface area contributed by atoms with Gasteiger partial charge in [-0.1, -0.05) is 34.6 Å². The number of hydrogen-bond acceptors (Lipinski definition) is 3. The molecule has 2 atom stereocenters. The van der Waals surface area contributed by atoms with Gasteiger partial charge in [0.05, 0.1) is 6.10 Å². The molecule has 1 amide bonds. The first-order valence-electron chi connectivity index (χ1n) is 8.81. The molecule has 1 heterocycles. The van der Waals surface area contributed by atoms with Gasteiger partial charge in [-0.2, -0.15) is 0 Å². The summed E-state index contributed by atoms with van der Waals surface area (Å²) in [6, 6.07) is 0.194. The molecule has 0 aromatic carbocycles. The third-order valence-corrected chi connectivity index (χ3v) is 9.51. The van der Waals surface area contributed by atoms with Crippen molar-refractivity contribution in [3.63, 3.8) is 0 Å². The fourth-order valence-corrected chi connectivity index (χ4v) is 4.02. The van der Waals surface area contributed by atoms with Crippen molar-refractivity contribution in [3.8, 4) is 0 Å². The number of carbonyl (C=O) groups is 1. The molecule has 0 bridgehead atoms. The molecule has 23 heavy (non-hydrogen) atoms. The Morgan fingerprint density at radius 2 is 1.65 bits per heavy atom. The van der Waals surface area contributed by atoms with E-state index in [0.717, 1.165) is 6.42 Å². The standard InChI is InChI=1S/C18H37NO3Si/c1-13(2)15-11-14(22-23(9,10)18(6,7)8)12-19(15)16(20)21-17(3,4)5/h13-15H,11-12H2,1-10H3/t14-,15+/m1/s1. The van der Waals surface area contributed by atoms with Crippen molar-refractivity contribution >= 4 is 14.4 Å². The average molecular weight is 344 g/mol. The van der Waals surface area contributed by atoms with Crippen molar-refractivity contribution in [2.45, 2.75) is 97.7 Å². The van der Waals surface area contributed by atoms with Gasteiger partial charge in [-0.15, -0.1) is 0 Å². The quantitative estimate of drug-likeness (QED) is 0.674. The van der Waals surface area contributed by atoms with Crippen molar-refractivity contribution < 1.29 is 14.0 Å². The predicted molar refractivity (Wildman–Crippen MR) is 98.3 cm³/mol. The molecule has 1 saturated heterocycles. The van der Waals surface area contributed by atoms with Crippen LogP contribution in [0.1, 0.15) is 61.8 Å². The lowest BCUT2D eigenvalue weighted by atomic mass is 10.0. The zero-order chi connectivity index (χ0) is 18.2. The average Bonchev–Trinajstić information content (AvgIpc) is 2.68. The van der Waals surface area contributed by atoms with Crippen LogP contribution in [0, 0.1) is 5.92 Å². The molecular weight excluding hydrogens is 306 g/mol. The maximum absolute atomic E-state index is 12.5. The van der Waals surface area contributed by atoms with Crippen LogP contribution >= 0.6 is 0 Å². The van der Waals surface area contributed by atoms with Gasteiger partial charge < -0.3 is 14.1 Å². The van der Waals surface area contributed by atoms with Crippen LogP contribution in [0.3, 0.4) is 0 Å². The Morgan fingerprint density at radius 1 is 1.13 bits per heavy atom. The Morgan fingerprint density at radius 3 is 2.04 bits per heavy atom. The molecule has 1 aliphatic rings. The summed E-state index contributed by atoms with van der Waals surface area (Å²) >= 11 is 0. The van der Waals surface area contributed by atoms with E-state index in [1.54, 1.807) is 0 Å². The van der Waals surface area contributed by atoms with E-state index < -0.39 is 13.9 Å². The molecule has 0 unspecified atom stereocenters. The molecule has 5 heteroatoms. The lowest BCUT2D eigenvalue weighted by Crippen LogP contribution is -2.45. The Labute approximate surface area is 144 Å². The number of likely N-dealkylation sites (tertiary alicyclic amines) is 1. The predicted octanol–water partition coefficient (Wildman–Crippen LogP) is 5.04. The molecule has 0 saturated carbocycles. The minimum atomic E-state index is -1.82. The Hall–Kier alpha value is -0.553. The molecule has 1 fully saturated rings. The summed E-state index contributed by atoms with van der Waals surface area (Å²) in [5.74, 6) is 0.399. The minimum Gasteiger partial charge on any atom is -0.444 e. The third kappa shape index (κ3) is 5.49. The molecular formula is C18H37NO3Si. The van der Waals surface area contributed by atoms with Crippen molar-refractivity contribution in [2.75, 3.05) is 6.54 Å². The van der Waals surface area contributed by atoms with E-state index in [0.29, 0.717) is 12.5 Å². The first-order valence-corrected chi connectivity index (χ1v) is 11.7. The number of carbonyl (C=O) groups excluding carboxylic acids is 1. The summed E-state index contributed by atoms with van der Waals surface area (Å²) in [6.07, 6.45) is 0.817. The highest BCUT2D eigenvalue weighted by molar-refractivity contribution is 6.74. The van der Waals surface area contributed by atoms with Crippen LogP contribution in [0.15, 0.2) is 0 Å². The zero-order valence-corrected chi connectivity index (χ0v) is 17.8. The van der Waals surface area contributed by atoms with E-state index >= 15 is 0 Å². The van der Waals surface area contributed by atoms with Crippen molar-refractivity contribution in [1.82, 2.24) is 4.90 Å². The first-order chi connectivity index (χ1) is 10.1. The topological polar surface area (TPSA) is 38.8 Å². The Kier molecular flexibility index (Phi) is 6.01. The highest BCUT2D eigenvalue weighted by Crippen LogP contribution is 2.39. The van der Waals surface area contributed by atoms with Gasteiger partial charge in [0, 0.05) is 12.6 Å². The summed E-state index contributed by atoms with van der Waals surface area (Å²) < 4.78 is 12.1. The molecule has 4 nitrogen and oxygen atoms in total. The molecule has 1 rings (SSSR count). The molecule has 0 aliphatic carbocycles. The van der Waals surface area contributed by atoms with Gasteiger partial charge in [-0.25, -0.2) is 4.79 Å². The molecule has 136 valence electrons. The number of ether oxygens (including phenoxy) is 1. The van der Waals surface area contributed by atoms with Crippen LogP contribution in [0.25, 0.3) is 0 Å². The van der Waals surface area contributed by atoms with E-state index in [-0.39, 0.29) is 23.3 Å². The van der Waals surface area contributed by atoms with E-state index in [2.05, 4.69) is 47.7 Å². The monoisotopic (exact) mass is 343 g/mol. The number of nitrogens with zero attached hydrogens (tertiary/aromatic N) is 1. The SMILES string of the molecule is CC(C)[C@@H]1C[C@@H](O[Si](C)(C)C(C)(C)C)CN1C(=O)OC(C)(C)C. The maximum Gasteiger partial charge on any atom is 0.410 e. The summed E-state index contributed by atoms with van der Waals surface area (Å²) in [5.41, 5.74) is -0.461. The van der Waals surface area contributed by atoms with E-state index in [1.807, 2.05) is 25.7 Å². The maximum atomic E-state index is 12.5. The van der Waals surface area contributed by atoms with Gasteiger partial charge in [0.15, 0.2) is 8.32 Å². The second kappa shape index (κ2) is 6.75. The number of amides is 1. The summed E-state index contributed by atoms with van der Waals surface area (Å²) in [4.78, 5) is 14.4. The van der Waals surface area contributed by atoms with Gasteiger partial charge in [-0.3, -0.25) is 0 Å². The summed E-state index contributed by atoms with van der Waals surface area (Å²) in [6.45, 7) is 22.0. The zero-order valence-electron chi connectivity index (χ0n) is 16.8. The second-order valence-corrected chi connectivity index (χ2v) is 14.4. The molecule has 0 aromatic rings.